The summed E-state index contributed by atoms with van der Waals surface area (Å²) in [5, 5.41) is 19.3. The predicted octanol–water partition coefficient (Wildman–Crippen LogP) is 5.05. The molecule has 11 heteroatoms. The highest BCUT2D eigenvalue weighted by molar-refractivity contribution is 6.34. The highest BCUT2D eigenvalue weighted by atomic mass is 35.5. The Morgan fingerprint density at radius 3 is 2.52 bits per heavy atom. The molecule has 1 saturated heterocycles. The van der Waals surface area contributed by atoms with Crippen LogP contribution in [0, 0.1) is 11.8 Å². The summed E-state index contributed by atoms with van der Waals surface area (Å²) >= 11 is 12.9. The van der Waals surface area contributed by atoms with Gasteiger partial charge in [0.1, 0.15) is 6.04 Å². The molecule has 1 aromatic carbocycles. The summed E-state index contributed by atoms with van der Waals surface area (Å²) in [4.78, 5) is 11.1. The largest absolute Gasteiger partial charge is 0.389 e. The van der Waals surface area contributed by atoms with Crippen LogP contribution in [0.5, 0.6) is 0 Å². The van der Waals surface area contributed by atoms with Crippen molar-refractivity contribution in [2.24, 2.45) is 11.8 Å². The minimum atomic E-state index is -2.77. The SMILES string of the molecule is C[C@]1(O)[C@@H]2CC[C@H]1CN(c1cc3nc(Nc4cnn(C5CC5(F)F)c4Cl)ncc3cc1Cl)C2. The van der Waals surface area contributed by atoms with E-state index >= 15 is 0 Å². The molecule has 2 aliphatic carbocycles. The number of nitrogens with one attached hydrogen (secondary N) is 1. The van der Waals surface area contributed by atoms with Crippen molar-refractivity contribution < 1.29 is 13.9 Å². The van der Waals surface area contributed by atoms with Gasteiger partial charge in [0.05, 0.1) is 33.7 Å². The molecule has 2 saturated carbocycles. The first-order valence-electron chi connectivity index (χ1n) is 10.9. The van der Waals surface area contributed by atoms with E-state index in [2.05, 4.69) is 25.3 Å². The smallest absolute Gasteiger partial charge is 0.272 e. The molecule has 4 atom stereocenters. The van der Waals surface area contributed by atoms with Crippen LogP contribution in [-0.4, -0.2) is 49.5 Å². The summed E-state index contributed by atoms with van der Waals surface area (Å²) in [5.41, 5.74) is 1.30. The molecule has 2 bridgehead atoms. The highest BCUT2D eigenvalue weighted by Crippen LogP contribution is 2.53. The molecule has 3 aliphatic rings. The molecule has 0 spiro atoms. The van der Waals surface area contributed by atoms with E-state index in [1.165, 1.54) is 6.20 Å². The number of aromatic nitrogens is 4. The molecule has 1 unspecified atom stereocenters. The fraction of sp³-hybridized carbons (Fsp3) is 0.500. The van der Waals surface area contributed by atoms with Crippen LogP contribution in [0.4, 0.5) is 26.1 Å². The fourth-order valence-electron chi connectivity index (χ4n) is 5.25. The van der Waals surface area contributed by atoms with Crippen LogP contribution in [0.3, 0.4) is 0 Å². The number of hydrogen-bond acceptors (Lipinski definition) is 6. The molecule has 3 fully saturated rings. The first-order chi connectivity index (χ1) is 15.6. The summed E-state index contributed by atoms with van der Waals surface area (Å²) in [7, 11) is 0. The van der Waals surface area contributed by atoms with Gasteiger partial charge in [0.2, 0.25) is 5.95 Å². The minimum absolute atomic E-state index is 0.0912. The molecule has 3 heterocycles. The molecule has 0 radical (unpaired) electrons. The normalized spacial score (nSPS) is 30.1. The van der Waals surface area contributed by atoms with E-state index in [1.807, 2.05) is 19.1 Å². The molecule has 33 heavy (non-hydrogen) atoms. The van der Waals surface area contributed by atoms with Crippen molar-refractivity contribution in [2.75, 3.05) is 23.3 Å². The second-order valence-corrected chi connectivity index (χ2v) is 10.3. The van der Waals surface area contributed by atoms with E-state index in [9.17, 15) is 13.9 Å². The molecule has 0 amide bonds. The van der Waals surface area contributed by atoms with E-state index in [0.717, 1.165) is 41.7 Å². The summed E-state index contributed by atoms with van der Waals surface area (Å²) in [6.45, 7) is 3.43. The average molecular weight is 495 g/mol. The Morgan fingerprint density at radius 1 is 1.15 bits per heavy atom. The lowest BCUT2D eigenvalue weighted by atomic mass is 9.82. The van der Waals surface area contributed by atoms with Crippen molar-refractivity contribution in [3.8, 4) is 0 Å². The number of anilines is 3. The number of piperidine rings is 1. The standard InChI is InChI=1S/C22H22Cl2F2N6O/c1-21(33)12-2-3-13(21)10-31(9-12)17-5-15-11(4-14(17)23)7-27-20(29-15)30-16-8-28-32(19(16)24)18-6-22(18,25)26/h4-5,7-8,12-13,18,33H,2-3,6,9-10H2,1H3,(H,27,29,30)/t12-,13+,18?,21+. The van der Waals surface area contributed by atoms with Crippen LogP contribution >= 0.6 is 23.2 Å². The lowest BCUT2D eigenvalue weighted by Crippen LogP contribution is -2.52. The van der Waals surface area contributed by atoms with Crippen LogP contribution in [0.15, 0.2) is 24.5 Å². The van der Waals surface area contributed by atoms with Gasteiger partial charge in [-0.1, -0.05) is 23.2 Å². The number of nitrogens with zero attached hydrogens (tertiary/aromatic N) is 5. The van der Waals surface area contributed by atoms with E-state index in [0.29, 0.717) is 16.2 Å². The van der Waals surface area contributed by atoms with Gasteiger partial charge in [-0.05, 0) is 31.9 Å². The van der Waals surface area contributed by atoms with Crippen LogP contribution in [-0.2, 0) is 0 Å². The Balaban J connectivity index is 1.28. The second-order valence-electron chi connectivity index (χ2n) is 9.56. The van der Waals surface area contributed by atoms with Crippen molar-refractivity contribution in [1.29, 1.82) is 0 Å². The minimum Gasteiger partial charge on any atom is -0.389 e. The van der Waals surface area contributed by atoms with E-state index in [1.54, 1.807) is 6.20 Å². The van der Waals surface area contributed by atoms with Gasteiger partial charge in [0, 0.05) is 42.9 Å². The Morgan fingerprint density at radius 2 is 1.85 bits per heavy atom. The maximum absolute atomic E-state index is 13.4. The number of halogens is 4. The maximum Gasteiger partial charge on any atom is 0.272 e. The van der Waals surface area contributed by atoms with Crippen molar-refractivity contribution in [3.63, 3.8) is 0 Å². The Labute approximate surface area is 198 Å². The third-order valence-electron chi connectivity index (χ3n) is 7.46. The molecule has 1 aliphatic heterocycles. The molecule has 6 rings (SSSR count). The van der Waals surface area contributed by atoms with Gasteiger partial charge in [-0.2, -0.15) is 5.10 Å². The van der Waals surface area contributed by atoms with Crippen molar-refractivity contribution in [2.45, 2.75) is 43.8 Å². The predicted molar refractivity (Wildman–Crippen MR) is 123 cm³/mol. The quantitative estimate of drug-likeness (QED) is 0.527. The monoisotopic (exact) mass is 494 g/mol. The number of alkyl halides is 2. The molecular formula is C22H22Cl2F2N6O. The first kappa shape index (κ1) is 21.3. The van der Waals surface area contributed by atoms with Gasteiger partial charge in [0.15, 0.2) is 5.15 Å². The fourth-order valence-corrected chi connectivity index (χ4v) is 5.80. The topological polar surface area (TPSA) is 79.1 Å². The molecule has 7 nitrogen and oxygen atoms in total. The highest BCUT2D eigenvalue weighted by Gasteiger charge is 2.59. The molecule has 174 valence electrons. The molecule has 2 N–H and O–H groups in total. The van der Waals surface area contributed by atoms with Gasteiger partial charge in [-0.25, -0.2) is 23.4 Å². The van der Waals surface area contributed by atoms with Crippen molar-refractivity contribution in [1.82, 2.24) is 19.7 Å². The molecular weight excluding hydrogens is 473 g/mol. The van der Waals surface area contributed by atoms with E-state index < -0.39 is 17.6 Å². The molecule has 2 aromatic heterocycles. The number of hydrogen-bond donors (Lipinski definition) is 2. The Kier molecular flexibility index (Phi) is 4.61. The third kappa shape index (κ3) is 3.43. The third-order valence-corrected chi connectivity index (χ3v) is 8.14. The number of rotatable bonds is 4. The van der Waals surface area contributed by atoms with E-state index in [-0.39, 0.29) is 29.4 Å². The summed E-state index contributed by atoms with van der Waals surface area (Å²) in [6, 6.07) is 2.76. The van der Waals surface area contributed by atoms with Crippen molar-refractivity contribution >= 4 is 51.4 Å². The number of aliphatic hydroxyl groups is 1. The summed E-state index contributed by atoms with van der Waals surface area (Å²) in [5.74, 6) is -2.07. The van der Waals surface area contributed by atoms with Gasteiger partial charge >= 0.3 is 0 Å². The van der Waals surface area contributed by atoms with E-state index in [4.69, 9.17) is 23.2 Å². The second kappa shape index (κ2) is 7.13. The van der Waals surface area contributed by atoms with Crippen LogP contribution in [0.1, 0.15) is 32.2 Å². The first-order valence-corrected chi connectivity index (χ1v) is 11.7. The van der Waals surface area contributed by atoms with Crippen LogP contribution in [0.25, 0.3) is 10.9 Å². The molecule has 3 aromatic rings. The van der Waals surface area contributed by atoms with Gasteiger partial charge < -0.3 is 15.3 Å². The Hall–Kier alpha value is -2.23. The zero-order valence-electron chi connectivity index (χ0n) is 17.8. The van der Waals surface area contributed by atoms with Crippen LogP contribution in [0.2, 0.25) is 10.2 Å². The lowest BCUT2D eigenvalue weighted by molar-refractivity contribution is -0.0271. The van der Waals surface area contributed by atoms with Crippen LogP contribution < -0.4 is 10.2 Å². The van der Waals surface area contributed by atoms with Crippen molar-refractivity contribution in [3.05, 3.63) is 34.7 Å². The van der Waals surface area contributed by atoms with Gasteiger partial charge in [-0.3, -0.25) is 0 Å². The Bertz CT molecular complexity index is 1250. The number of benzene rings is 1. The summed E-state index contributed by atoms with van der Waals surface area (Å²) in [6.07, 6.45) is 4.80. The zero-order valence-corrected chi connectivity index (χ0v) is 19.3. The number of fused-ring (bicyclic) bond motifs is 3. The average Bonchev–Trinajstić information content (AvgIpc) is 3.24. The maximum atomic E-state index is 13.4. The zero-order chi connectivity index (χ0) is 23.1. The summed E-state index contributed by atoms with van der Waals surface area (Å²) < 4.78 is 27.9. The van der Waals surface area contributed by atoms with Gasteiger partial charge in [-0.15, -0.1) is 0 Å². The van der Waals surface area contributed by atoms with Gasteiger partial charge in [0.25, 0.3) is 5.92 Å². The lowest BCUT2D eigenvalue weighted by Gasteiger charge is -2.43.